The predicted octanol–water partition coefficient (Wildman–Crippen LogP) is 3.51. The van der Waals surface area contributed by atoms with E-state index in [1.807, 2.05) is 38.1 Å². The number of anilines is 2. The van der Waals surface area contributed by atoms with E-state index in [1.54, 1.807) is 27.3 Å². The van der Waals surface area contributed by atoms with Crippen LogP contribution in [0, 0.1) is 6.92 Å². The largest absolute Gasteiger partial charge is 0.329 e. The second-order valence-corrected chi connectivity index (χ2v) is 7.03. The zero-order valence-electron chi connectivity index (χ0n) is 17.0. The van der Waals surface area contributed by atoms with Crippen LogP contribution in [0.25, 0.3) is 11.0 Å². The fraction of sp³-hybridized carbons (Fsp3) is 0.318. The van der Waals surface area contributed by atoms with Crippen LogP contribution in [0.2, 0.25) is 0 Å². The van der Waals surface area contributed by atoms with Crippen LogP contribution in [-0.4, -0.2) is 20.9 Å². The Bertz CT molecular complexity index is 1110. The van der Waals surface area contributed by atoms with Gasteiger partial charge in [0, 0.05) is 37.8 Å². The summed E-state index contributed by atoms with van der Waals surface area (Å²) < 4.78 is 3.42. The van der Waals surface area contributed by atoms with Crippen LogP contribution in [0.15, 0.2) is 47.3 Å². The van der Waals surface area contributed by atoms with Crippen LogP contribution in [-0.2, 0) is 22.7 Å². The van der Waals surface area contributed by atoms with Gasteiger partial charge in [0.1, 0.15) is 0 Å². The Hall–Kier alpha value is -3.35. The lowest BCUT2D eigenvalue weighted by Gasteiger charge is -2.13. The number of hydrogen-bond acceptors (Lipinski definition) is 3. The maximum atomic E-state index is 12.8. The first-order chi connectivity index (χ1) is 13.9. The molecule has 152 valence electrons. The van der Waals surface area contributed by atoms with Crippen LogP contribution < -0.4 is 16.3 Å². The summed E-state index contributed by atoms with van der Waals surface area (Å²) in [7, 11) is 0. The van der Waals surface area contributed by atoms with Gasteiger partial charge in [-0.15, -0.1) is 0 Å². The van der Waals surface area contributed by atoms with Gasteiger partial charge in [-0.2, -0.15) is 0 Å². The summed E-state index contributed by atoms with van der Waals surface area (Å²) in [6.07, 6.45) is 1.03. The van der Waals surface area contributed by atoms with Gasteiger partial charge in [0.15, 0.2) is 0 Å². The molecule has 2 aromatic carbocycles. The van der Waals surface area contributed by atoms with Crippen molar-refractivity contribution in [2.75, 3.05) is 10.6 Å². The standard InChI is InChI=1S/C22H26N4O3/c1-4-13-25-19-10-5-6-11-20(19)26(22(25)29)14-12-21(28)24-18-9-7-8-17(15(18)2)23-16(3)27/h5-11H,4,12-14H2,1-3H3,(H,23,27)(H,24,28). The fourth-order valence-electron chi connectivity index (χ4n) is 3.45. The number of nitrogens with zero attached hydrogens (tertiary/aromatic N) is 2. The van der Waals surface area contributed by atoms with Gasteiger partial charge in [-0.3, -0.25) is 18.7 Å². The molecule has 1 heterocycles. The number of rotatable bonds is 7. The van der Waals surface area contributed by atoms with Crippen molar-refractivity contribution in [3.63, 3.8) is 0 Å². The molecule has 7 nitrogen and oxygen atoms in total. The summed E-state index contributed by atoms with van der Waals surface area (Å²) >= 11 is 0. The van der Waals surface area contributed by atoms with E-state index in [9.17, 15) is 14.4 Å². The quantitative estimate of drug-likeness (QED) is 0.643. The van der Waals surface area contributed by atoms with Crippen molar-refractivity contribution >= 4 is 34.2 Å². The summed E-state index contributed by atoms with van der Waals surface area (Å²) in [5.74, 6) is -0.355. The minimum Gasteiger partial charge on any atom is -0.326 e. The van der Waals surface area contributed by atoms with E-state index < -0.39 is 0 Å². The van der Waals surface area contributed by atoms with Crippen molar-refractivity contribution in [2.45, 2.75) is 46.7 Å². The average Bonchev–Trinajstić information content (AvgIpc) is 2.95. The lowest BCUT2D eigenvalue weighted by atomic mass is 10.1. The van der Waals surface area contributed by atoms with Crippen LogP contribution in [0.1, 0.15) is 32.3 Å². The van der Waals surface area contributed by atoms with Crippen molar-refractivity contribution < 1.29 is 9.59 Å². The molecule has 0 atom stereocenters. The van der Waals surface area contributed by atoms with Crippen molar-refractivity contribution in [1.29, 1.82) is 0 Å². The molecule has 0 fully saturated rings. The maximum Gasteiger partial charge on any atom is 0.329 e. The number of para-hydroxylation sites is 2. The Balaban J connectivity index is 1.76. The Morgan fingerprint density at radius 3 is 2.07 bits per heavy atom. The molecule has 0 saturated heterocycles. The number of fused-ring (bicyclic) bond motifs is 1. The van der Waals surface area contributed by atoms with E-state index in [1.165, 1.54) is 6.92 Å². The number of amides is 2. The van der Waals surface area contributed by atoms with Crippen LogP contribution in [0.4, 0.5) is 11.4 Å². The van der Waals surface area contributed by atoms with Gasteiger partial charge < -0.3 is 10.6 Å². The third-order valence-electron chi connectivity index (χ3n) is 4.85. The molecular weight excluding hydrogens is 368 g/mol. The van der Waals surface area contributed by atoms with Crippen molar-refractivity contribution in [1.82, 2.24) is 9.13 Å². The molecular formula is C22H26N4O3. The van der Waals surface area contributed by atoms with Crippen molar-refractivity contribution in [2.24, 2.45) is 0 Å². The first-order valence-electron chi connectivity index (χ1n) is 9.77. The zero-order chi connectivity index (χ0) is 21.0. The van der Waals surface area contributed by atoms with E-state index in [2.05, 4.69) is 10.6 Å². The normalized spacial score (nSPS) is 10.9. The lowest BCUT2D eigenvalue weighted by Crippen LogP contribution is -2.26. The molecule has 7 heteroatoms. The number of imidazole rings is 1. The van der Waals surface area contributed by atoms with Gasteiger partial charge >= 0.3 is 5.69 Å². The third kappa shape index (κ3) is 4.39. The van der Waals surface area contributed by atoms with E-state index in [0.717, 1.165) is 23.0 Å². The highest BCUT2D eigenvalue weighted by Gasteiger charge is 2.14. The predicted molar refractivity (Wildman–Crippen MR) is 115 cm³/mol. The summed E-state index contributed by atoms with van der Waals surface area (Å²) in [5, 5.41) is 5.63. The topological polar surface area (TPSA) is 85.1 Å². The second kappa shape index (κ2) is 8.77. The molecule has 0 radical (unpaired) electrons. The molecule has 29 heavy (non-hydrogen) atoms. The fourth-order valence-corrected chi connectivity index (χ4v) is 3.45. The summed E-state index contributed by atoms with van der Waals surface area (Å²) in [6.45, 7) is 6.25. The van der Waals surface area contributed by atoms with E-state index in [0.29, 0.717) is 24.5 Å². The van der Waals surface area contributed by atoms with Gasteiger partial charge in [0.2, 0.25) is 11.8 Å². The molecule has 0 spiro atoms. The summed E-state index contributed by atoms with van der Waals surface area (Å²) in [4.78, 5) is 36.6. The number of carbonyl (C=O) groups is 2. The van der Waals surface area contributed by atoms with Gasteiger partial charge in [0.25, 0.3) is 0 Å². The highest BCUT2D eigenvalue weighted by Crippen LogP contribution is 2.23. The van der Waals surface area contributed by atoms with Gasteiger partial charge in [-0.25, -0.2) is 4.79 Å². The number of aryl methyl sites for hydroxylation is 2. The average molecular weight is 394 g/mol. The first-order valence-corrected chi connectivity index (χ1v) is 9.77. The molecule has 0 unspecified atom stereocenters. The Morgan fingerprint density at radius 2 is 1.48 bits per heavy atom. The van der Waals surface area contributed by atoms with E-state index in [4.69, 9.17) is 0 Å². The van der Waals surface area contributed by atoms with Crippen molar-refractivity contribution in [3.05, 3.63) is 58.5 Å². The Kier molecular flexibility index (Phi) is 6.16. The number of carbonyl (C=O) groups excluding carboxylic acids is 2. The molecule has 0 aliphatic heterocycles. The molecule has 2 amide bonds. The smallest absolute Gasteiger partial charge is 0.326 e. The first kappa shape index (κ1) is 20.4. The minimum atomic E-state index is -0.188. The zero-order valence-corrected chi connectivity index (χ0v) is 17.0. The molecule has 1 aromatic heterocycles. The number of aromatic nitrogens is 2. The lowest BCUT2D eigenvalue weighted by molar-refractivity contribution is -0.116. The van der Waals surface area contributed by atoms with E-state index in [-0.39, 0.29) is 23.9 Å². The minimum absolute atomic E-state index is 0.0929. The molecule has 3 aromatic rings. The molecule has 0 aliphatic rings. The van der Waals surface area contributed by atoms with Crippen LogP contribution in [0.3, 0.4) is 0 Å². The molecule has 2 N–H and O–H groups in total. The maximum absolute atomic E-state index is 12.8. The second-order valence-electron chi connectivity index (χ2n) is 7.03. The Labute approximate surface area is 169 Å². The highest BCUT2D eigenvalue weighted by molar-refractivity contribution is 5.95. The Morgan fingerprint density at radius 1 is 0.897 bits per heavy atom. The molecule has 0 saturated carbocycles. The number of hydrogen-bond donors (Lipinski definition) is 2. The molecule has 0 bridgehead atoms. The third-order valence-corrected chi connectivity index (χ3v) is 4.85. The van der Waals surface area contributed by atoms with Crippen molar-refractivity contribution in [3.8, 4) is 0 Å². The van der Waals surface area contributed by atoms with Crippen LogP contribution in [0.5, 0.6) is 0 Å². The van der Waals surface area contributed by atoms with E-state index >= 15 is 0 Å². The van der Waals surface area contributed by atoms with Gasteiger partial charge in [-0.1, -0.05) is 25.1 Å². The number of benzene rings is 2. The summed E-state index contributed by atoms with van der Waals surface area (Å²) in [6, 6.07) is 13.0. The monoisotopic (exact) mass is 394 g/mol. The molecule has 0 aliphatic carbocycles. The van der Waals surface area contributed by atoms with Crippen LogP contribution >= 0.6 is 0 Å². The SMILES string of the molecule is CCCn1c(=O)n(CCC(=O)Nc2cccc(NC(C)=O)c2C)c2ccccc21. The highest BCUT2D eigenvalue weighted by atomic mass is 16.2. The molecule has 3 rings (SSSR count). The van der Waals surface area contributed by atoms with Gasteiger partial charge in [0.05, 0.1) is 11.0 Å². The summed E-state index contributed by atoms with van der Waals surface area (Å²) in [5.41, 5.74) is 3.72. The van der Waals surface area contributed by atoms with Gasteiger partial charge in [-0.05, 0) is 43.2 Å². The number of nitrogens with one attached hydrogen (secondary N) is 2.